The Balaban J connectivity index is 1.55. The number of fused-ring (bicyclic) bond motifs is 1. The molecule has 5 heteroatoms. The molecule has 1 aliphatic heterocycles. The van der Waals surface area contributed by atoms with Crippen LogP contribution < -0.4 is 5.32 Å². The predicted octanol–water partition coefficient (Wildman–Crippen LogP) is 2.53. The molecule has 2 N–H and O–H groups in total. The first-order chi connectivity index (χ1) is 11.1. The van der Waals surface area contributed by atoms with Crippen LogP contribution in [0.1, 0.15) is 40.9 Å². The second kappa shape index (κ2) is 6.44. The number of H-pyrrole nitrogens is 1. The molecule has 2 heterocycles. The van der Waals surface area contributed by atoms with Crippen LogP contribution in [0.2, 0.25) is 0 Å². The van der Waals surface area contributed by atoms with Crippen LogP contribution in [0.3, 0.4) is 0 Å². The molecule has 0 aliphatic carbocycles. The molecule has 0 saturated carbocycles. The van der Waals surface area contributed by atoms with Crippen molar-refractivity contribution in [1.29, 1.82) is 0 Å². The van der Waals surface area contributed by atoms with Crippen molar-refractivity contribution in [3.05, 3.63) is 35.0 Å². The number of hydrogen-bond acceptors (Lipinski definition) is 2. The molecule has 23 heavy (non-hydrogen) atoms. The number of hydrogen-bond donors (Lipinski definition) is 2. The fourth-order valence-corrected chi connectivity index (χ4v) is 3.12. The minimum absolute atomic E-state index is 0.0575. The van der Waals surface area contributed by atoms with Crippen LogP contribution >= 0.6 is 0 Å². The van der Waals surface area contributed by atoms with Crippen molar-refractivity contribution >= 4 is 22.7 Å². The van der Waals surface area contributed by atoms with E-state index >= 15 is 0 Å². The van der Waals surface area contributed by atoms with Crippen LogP contribution in [-0.4, -0.2) is 41.3 Å². The summed E-state index contributed by atoms with van der Waals surface area (Å²) in [5.41, 5.74) is 4.05. The van der Waals surface area contributed by atoms with Crippen molar-refractivity contribution in [3.63, 3.8) is 0 Å². The molecule has 1 fully saturated rings. The lowest BCUT2D eigenvalue weighted by atomic mass is 10.1. The third kappa shape index (κ3) is 3.23. The fourth-order valence-electron chi connectivity index (χ4n) is 3.12. The van der Waals surface area contributed by atoms with Crippen molar-refractivity contribution < 1.29 is 9.59 Å². The molecule has 1 aromatic carbocycles. The van der Waals surface area contributed by atoms with Gasteiger partial charge in [0, 0.05) is 48.2 Å². The number of aromatic nitrogens is 1. The first-order valence-electron chi connectivity index (χ1n) is 8.21. The van der Waals surface area contributed by atoms with Gasteiger partial charge in [-0.15, -0.1) is 0 Å². The Kier molecular flexibility index (Phi) is 4.37. The van der Waals surface area contributed by atoms with Gasteiger partial charge in [-0.05, 0) is 50.5 Å². The van der Waals surface area contributed by atoms with E-state index in [9.17, 15) is 9.59 Å². The number of rotatable bonds is 5. The third-order valence-electron chi connectivity index (χ3n) is 4.63. The van der Waals surface area contributed by atoms with E-state index in [1.54, 1.807) is 0 Å². The average Bonchev–Trinajstić information content (AvgIpc) is 3.07. The fraction of sp³-hybridized carbons (Fsp3) is 0.444. The summed E-state index contributed by atoms with van der Waals surface area (Å²) in [6.45, 7) is 6.27. The molecule has 0 unspecified atom stereocenters. The zero-order chi connectivity index (χ0) is 16.4. The van der Waals surface area contributed by atoms with E-state index in [-0.39, 0.29) is 11.8 Å². The average molecular weight is 313 g/mol. The molecular formula is C18H23N3O2. The molecule has 0 radical (unpaired) electrons. The molecular weight excluding hydrogens is 290 g/mol. The SMILES string of the molecule is Cc1[nH]c2ccc(C(=O)NCCCN3CCCC3=O)cc2c1C. The minimum atomic E-state index is -0.0575. The van der Waals surface area contributed by atoms with E-state index in [0.29, 0.717) is 18.5 Å². The molecule has 3 rings (SSSR count). The van der Waals surface area contributed by atoms with Gasteiger partial charge in [-0.25, -0.2) is 0 Å². The van der Waals surface area contributed by atoms with Gasteiger partial charge in [0.25, 0.3) is 5.91 Å². The van der Waals surface area contributed by atoms with Crippen molar-refractivity contribution in [2.75, 3.05) is 19.6 Å². The number of carbonyl (C=O) groups is 2. The number of benzene rings is 1. The van der Waals surface area contributed by atoms with Gasteiger partial charge < -0.3 is 15.2 Å². The summed E-state index contributed by atoms with van der Waals surface area (Å²) < 4.78 is 0. The molecule has 2 aromatic rings. The van der Waals surface area contributed by atoms with Gasteiger partial charge in [0.2, 0.25) is 5.91 Å². The Bertz CT molecular complexity index is 748. The highest BCUT2D eigenvalue weighted by molar-refractivity contribution is 5.99. The first kappa shape index (κ1) is 15.6. The normalized spacial score (nSPS) is 14.7. The summed E-state index contributed by atoms with van der Waals surface area (Å²) in [5, 5.41) is 4.04. The zero-order valence-corrected chi connectivity index (χ0v) is 13.7. The highest BCUT2D eigenvalue weighted by Crippen LogP contribution is 2.22. The summed E-state index contributed by atoms with van der Waals surface area (Å²) in [4.78, 5) is 29.0. The van der Waals surface area contributed by atoms with E-state index in [1.807, 2.05) is 30.0 Å². The van der Waals surface area contributed by atoms with Crippen LogP contribution in [0.15, 0.2) is 18.2 Å². The van der Waals surface area contributed by atoms with Gasteiger partial charge in [-0.3, -0.25) is 9.59 Å². The summed E-state index contributed by atoms with van der Waals surface area (Å²) in [5.74, 6) is 0.179. The molecule has 0 atom stereocenters. The topological polar surface area (TPSA) is 65.2 Å². The Labute approximate surface area is 136 Å². The second-order valence-corrected chi connectivity index (χ2v) is 6.23. The number of aromatic amines is 1. The van der Waals surface area contributed by atoms with E-state index < -0.39 is 0 Å². The maximum atomic E-state index is 12.3. The predicted molar refractivity (Wildman–Crippen MR) is 90.5 cm³/mol. The molecule has 1 aromatic heterocycles. The van der Waals surface area contributed by atoms with Gasteiger partial charge in [-0.2, -0.15) is 0 Å². The number of aryl methyl sites for hydroxylation is 2. The molecule has 0 spiro atoms. The number of likely N-dealkylation sites (tertiary alicyclic amines) is 1. The standard InChI is InChI=1S/C18H23N3O2/c1-12-13(2)20-16-7-6-14(11-15(12)16)18(23)19-8-4-10-21-9-3-5-17(21)22/h6-7,11,20H,3-5,8-10H2,1-2H3,(H,19,23). The molecule has 1 aliphatic rings. The Morgan fingerprint density at radius 1 is 1.35 bits per heavy atom. The summed E-state index contributed by atoms with van der Waals surface area (Å²) >= 11 is 0. The summed E-state index contributed by atoms with van der Waals surface area (Å²) in [7, 11) is 0. The number of carbonyl (C=O) groups excluding carboxylic acids is 2. The smallest absolute Gasteiger partial charge is 0.251 e. The number of amides is 2. The van der Waals surface area contributed by atoms with E-state index in [1.165, 1.54) is 5.56 Å². The second-order valence-electron chi connectivity index (χ2n) is 6.23. The highest BCUT2D eigenvalue weighted by atomic mass is 16.2. The monoisotopic (exact) mass is 313 g/mol. The summed E-state index contributed by atoms with van der Waals surface area (Å²) in [6.07, 6.45) is 2.42. The minimum Gasteiger partial charge on any atom is -0.358 e. The molecule has 2 amide bonds. The van der Waals surface area contributed by atoms with Gasteiger partial charge in [0.15, 0.2) is 0 Å². The van der Waals surface area contributed by atoms with Crippen molar-refractivity contribution in [3.8, 4) is 0 Å². The van der Waals surface area contributed by atoms with Crippen LogP contribution in [0.4, 0.5) is 0 Å². The Hall–Kier alpha value is -2.30. The first-order valence-corrected chi connectivity index (χ1v) is 8.21. The maximum absolute atomic E-state index is 12.3. The van der Waals surface area contributed by atoms with Gasteiger partial charge in [0.1, 0.15) is 0 Å². The molecule has 122 valence electrons. The molecule has 0 bridgehead atoms. The Morgan fingerprint density at radius 3 is 2.91 bits per heavy atom. The van der Waals surface area contributed by atoms with Gasteiger partial charge >= 0.3 is 0 Å². The van der Waals surface area contributed by atoms with Crippen molar-refractivity contribution in [1.82, 2.24) is 15.2 Å². The van der Waals surface area contributed by atoms with Crippen molar-refractivity contribution in [2.24, 2.45) is 0 Å². The third-order valence-corrected chi connectivity index (χ3v) is 4.63. The van der Waals surface area contributed by atoms with Gasteiger partial charge in [0.05, 0.1) is 0 Å². The number of nitrogens with one attached hydrogen (secondary N) is 2. The summed E-state index contributed by atoms with van der Waals surface area (Å²) in [6, 6.07) is 5.73. The van der Waals surface area contributed by atoms with E-state index in [4.69, 9.17) is 0 Å². The van der Waals surface area contributed by atoms with Crippen LogP contribution in [0, 0.1) is 13.8 Å². The quantitative estimate of drug-likeness (QED) is 0.833. The lowest BCUT2D eigenvalue weighted by molar-refractivity contribution is -0.127. The van der Waals surface area contributed by atoms with Gasteiger partial charge in [-0.1, -0.05) is 0 Å². The van der Waals surface area contributed by atoms with Crippen LogP contribution in [0.25, 0.3) is 10.9 Å². The lowest BCUT2D eigenvalue weighted by Crippen LogP contribution is -2.30. The maximum Gasteiger partial charge on any atom is 0.251 e. The number of nitrogens with zero attached hydrogens (tertiary/aromatic N) is 1. The van der Waals surface area contributed by atoms with E-state index in [2.05, 4.69) is 17.2 Å². The zero-order valence-electron chi connectivity index (χ0n) is 13.7. The molecule has 5 nitrogen and oxygen atoms in total. The van der Waals surface area contributed by atoms with Crippen LogP contribution in [-0.2, 0) is 4.79 Å². The lowest BCUT2D eigenvalue weighted by Gasteiger charge is -2.15. The Morgan fingerprint density at radius 2 is 2.17 bits per heavy atom. The van der Waals surface area contributed by atoms with Crippen LogP contribution in [0.5, 0.6) is 0 Å². The van der Waals surface area contributed by atoms with E-state index in [0.717, 1.165) is 42.5 Å². The molecule has 1 saturated heterocycles. The highest BCUT2D eigenvalue weighted by Gasteiger charge is 2.19. The largest absolute Gasteiger partial charge is 0.358 e. The van der Waals surface area contributed by atoms with Crippen molar-refractivity contribution in [2.45, 2.75) is 33.1 Å².